The Morgan fingerprint density at radius 2 is 2.31 bits per heavy atom. The number of hydrogen-bond acceptors (Lipinski definition) is 3. The summed E-state index contributed by atoms with van der Waals surface area (Å²) in [5.41, 5.74) is 4.83. The predicted octanol–water partition coefficient (Wildman–Crippen LogP) is 2.02. The van der Waals surface area contributed by atoms with E-state index in [0.29, 0.717) is 5.69 Å². The summed E-state index contributed by atoms with van der Waals surface area (Å²) in [5.74, 6) is -0.515. The fourth-order valence-corrected chi connectivity index (χ4v) is 1.69. The van der Waals surface area contributed by atoms with Gasteiger partial charge in [0, 0.05) is 11.3 Å². The van der Waals surface area contributed by atoms with Gasteiger partial charge in [-0.05, 0) is 25.1 Å². The second-order valence-corrected chi connectivity index (χ2v) is 3.92. The first-order valence-electron chi connectivity index (χ1n) is 4.89. The van der Waals surface area contributed by atoms with Crippen molar-refractivity contribution in [2.75, 3.05) is 12.3 Å². The third kappa shape index (κ3) is 1.62. The molecule has 0 spiro atoms. The van der Waals surface area contributed by atoms with E-state index in [1.54, 1.807) is 0 Å². The van der Waals surface area contributed by atoms with Gasteiger partial charge >= 0.3 is 0 Å². The van der Waals surface area contributed by atoms with Crippen LogP contribution in [0.4, 0.5) is 14.5 Å². The molecule has 1 heterocycles. The lowest BCUT2D eigenvalue weighted by Gasteiger charge is -2.32. The van der Waals surface area contributed by atoms with E-state index in [9.17, 15) is 8.78 Å². The molecule has 86 valence electrons. The number of alkyl halides is 1. The third-order valence-electron chi connectivity index (χ3n) is 2.78. The summed E-state index contributed by atoms with van der Waals surface area (Å²) >= 11 is 0. The highest BCUT2D eigenvalue weighted by atomic mass is 19.1. The molecular formula is C11H12F2N2O. The van der Waals surface area contributed by atoms with E-state index in [2.05, 4.69) is 4.99 Å². The molecule has 0 fully saturated rings. The maximum Gasteiger partial charge on any atom is 0.170 e. The van der Waals surface area contributed by atoms with E-state index in [1.165, 1.54) is 25.1 Å². The van der Waals surface area contributed by atoms with E-state index in [0.717, 1.165) is 6.40 Å². The Kier molecular flexibility index (Phi) is 2.53. The van der Waals surface area contributed by atoms with Gasteiger partial charge in [0.2, 0.25) is 0 Å². The van der Waals surface area contributed by atoms with Gasteiger partial charge in [0.25, 0.3) is 0 Å². The van der Waals surface area contributed by atoms with Gasteiger partial charge < -0.3 is 10.5 Å². The largest absolute Gasteiger partial charge is 0.480 e. The van der Waals surface area contributed by atoms with Gasteiger partial charge in [-0.2, -0.15) is 0 Å². The number of ether oxygens (including phenoxy) is 1. The maximum absolute atomic E-state index is 13.8. The molecule has 0 unspecified atom stereocenters. The first-order chi connectivity index (χ1) is 7.54. The van der Waals surface area contributed by atoms with E-state index in [4.69, 9.17) is 10.5 Å². The molecule has 0 saturated carbocycles. The van der Waals surface area contributed by atoms with Gasteiger partial charge in [0.15, 0.2) is 12.6 Å². The maximum atomic E-state index is 13.8. The van der Waals surface area contributed by atoms with Crippen LogP contribution in [0, 0.1) is 5.82 Å². The minimum atomic E-state index is -1.39. The van der Waals surface area contributed by atoms with Crippen LogP contribution in [0.3, 0.4) is 0 Å². The van der Waals surface area contributed by atoms with Crippen LogP contribution >= 0.6 is 0 Å². The summed E-state index contributed by atoms with van der Waals surface area (Å²) in [6.45, 7) is 1.39. The molecular weight excluding hydrogens is 214 g/mol. The number of benzene rings is 1. The molecule has 0 radical (unpaired) electrons. The molecule has 0 bridgehead atoms. The third-order valence-corrected chi connectivity index (χ3v) is 2.78. The molecule has 1 aliphatic heterocycles. The molecule has 3 nitrogen and oxygen atoms in total. The first-order valence-corrected chi connectivity index (χ1v) is 4.89. The smallest absolute Gasteiger partial charge is 0.170 e. The highest BCUT2D eigenvalue weighted by Crippen LogP contribution is 2.35. The van der Waals surface area contributed by atoms with Crippen molar-refractivity contribution in [2.24, 2.45) is 4.99 Å². The summed E-state index contributed by atoms with van der Waals surface area (Å²) in [4.78, 5) is 3.90. The Labute approximate surface area is 91.9 Å². The molecule has 0 saturated heterocycles. The Balaban J connectivity index is 2.53. The number of halogens is 2. The standard InChI is InChI=1S/C11H12F2N2O/c1-11(10(13)5-16-6-15-11)8-4-7(14)2-3-9(8)12/h2-4,6,10H,5,14H2,1H3/t10-,11+/m0/s1. The number of rotatable bonds is 1. The number of nitrogens with two attached hydrogens (primary N) is 1. The number of nitrogen functional groups attached to an aromatic ring is 1. The number of anilines is 1. The molecule has 2 N–H and O–H groups in total. The topological polar surface area (TPSA) is 47.6 Å². The molecule has 2 rings (SSSR count). The van der Waals surface area contributed by atoms with Crippen molar-refractivity contribution >= 4 is 12.1 Å². The van der Waals surface area contributed by atoms with Gasteiger partial charge in [-0.3, -0.25) is 0 Å². The molecule has 0 aromatic heterocycles. The molecule has 2 atom stereocenters. The van der Waals surface area contributed by atoms with E-state index in [-0.39, 0.29) is 12.2 Å². The number of hydrogen-bond donors (Lipinski definition) is 1. The summed E-state index contributed by atoms with van der Waals surface area (Å²) < 4.78 is 32.2. The SMILES string of the molecule is C[C@]1(c2cc(N)ccc2F)N=COC[C@@H]1F. The lowest BCUT2D eigenvalue weighted by atomic mass is 9.87. The fraction of sp³-hybridized carbons (Fsp3) is 0.364. The van der Waals surface area contributed by atoms with Crippen molar-refractivity contribution in [2.45, 2.75) is 18.6 Å². The zero-order chi connectivity index (χ0) is 11.8. The van der Waals surface area contributed by atoms with Crippen molar-refractivity contribution in [3.63, 3.8) is 0 Å². The summed E-state index contributed by atoms with van der Waals surface area (Å²) in [7, 11) is 0. The molecule has 1 aromatic carbocycles. The summed E-state index contributed by atoms with van der Waals surface area (Å²) in [6, 6.07) is 4.05. The molecule has 5 heteroatoms. The van der Waals surface area contributed by atoms with Gasteiger partial charge in [-0.15, -0.1) is 0 Å². The Hall–Kier alpha value is -1.65. The fourth-order valence-electron chi connectivity index (χ4n) is 1.69. The molecule has 0 aliphatic carbocycles. The minimum Gasteiger partial charge on any atom is -0.480 e. The van der Waals surface area contributed by atoms with Gasteiger partial charge in [0.05, 0.1) is 0 Å². The van der Waals surface area contributed by atoms with E-state index in [1.807, 2.05) is 0 Å². The van der Waals surface area contributed by atoms with Crippen LogP contribution in [0.1, 0.15) is 12.5 Å². The van der Waals surface area contributed by atoms with E-state index >= 15 is 0 Å². The average molecular weight is 226 g/mol. The van der Waals surface area contributed by atoms with Crippen LogP contribution in [0.25, 0.3) is 0 Å². The summed E-state index contributed by atoms with van der Waals surface area (Å²) in [5, 5.41) is 0. The Morgan fingerprint density at radius 3 is 3.00 bits per heavy atom. The highest BCUT2D eigenvalue weighted by Gasteiger charge is 2.40. The van der Waals surface area contributed by atoms with Crippen LogP contribution in [0.5, 0.6) is 0 Å². The Morgan fingerprint density at radius 1 is 1.56 bits per heavy atom. The molecule has 0 amide bonds. The van der Waals surface area contributed by atoms with Crippen LogP contribution in [-0.2, 0) is 10.3 Å². The van der Waals surface area contributed by atoms with Crippen molar-refractivity contribution in [3.8, 4) is 0 Å². The zero-order valence-corrected chi connectivity index (χ0v) is 8.78. The lowest BCUT2D eigenvalue weighted by Crippen LogP contribution is -2.39. The molecule has 16 heavy (non-hydrogen) atoms. The average Bonchev–Trinajstić information content (AvgIpc) is 2.26. The van der Waals surface area contributed by atoms with E-state index < -0.39 is 17.5 Å². The second-order valence-electron chi connectivity index (χ2n) is 3.92. The zero-order valence-electron chi connectivity index (χ0n) is 8.78. The molecule has 1 aromatic rings. The predicted molar refractivity (Wildman–Crippen MR) is 57.5 cm³/mol. The molecule has 1 aliphatic rings. The van der Waals surface area contributed by atoms with Crippen molar-refractivity contribution in [1.82, 2.24) is 0 Å². The highest BCUT2D eigenvalue weighted by molar-refractivity contribution is 5.52. The van der Waals surface area contributed by atoms with Gasteiger partial charge in [-0.1, -0.05) is 0 Å². The van der Waals surface area contributed by atoms with Gasteiger partial charge in [0.1, 0.15) is 18.0 Å². The quantitative estimate of drug-likeness (QED) is 0.745. The van der Waals surface area contributed by atoms with Crippen molar-refractivity contribution < 1.29 is 13.5 Å². The number of aliphatic imine (C=N–C) groups is 1. The van der Waals surface area contributed by atoms with Crippen LogP contribution < -0.4 is 5.73 Å². The normalized spacial score (nSPS) is 28.8. The second kappa shape index (κ2) is 3.73. The Bertz CT molecular complexity index is 436. The number of nitrogens with zero attached hydrogens (tertiary/aromatic N) is 1. The van der Waals surface area contributed by atoms with Crippen molar-refractivity contribution in [1.29, 1.82) is 0 Å². The van der Waals surface area contributed by atoms with Crippen LogP contribution in [0.2, 0.25) is 0 Å². The minimum absolute atomic E-state index is 0.131. The monoisotopic (exact) mass is 226 g/mol. The van der Waals surface area contributed by atoms with Gasteiger partial charge in [-0.25, -0.2) is 13.8 Å². The lowest BCUT2D eigenvalue weighted by molar-refractivity contribution is 0.101. The van der Waals surface area contributed by atoms with Crippen LogP contribution in [-0.4, -0.2) is 19.2 Å². The summed E-state index contributed by atoms with van der Waals surface area (Å²) in [6.07, 6.45) is -0.243. The van der Waals surface area contributed by atoms with Crippen molar-refractivity contribution in [3.05, 3.63) is 29.6 Å². The van der Waals surface area contributed by atoms with Crippen LogP contribution in [0.15, 0.2) is 23.2 Å². The first kappa shape index (κ1) is 10.9.